The van der Waals surface area contributed by atoms with E-state index in [-0.39, 0.29) is 23.8 Å². The fraction of sp³-hybridized carbons (Fsp3) is 0.286. The lowest BCUT2D eigenvalue weighted by Crippen LogP contribution is -2.55. The number of aromatic hydroxyl groups is 1. The first-order valence-corrected chi connectivity index (χ1v) is 12.6. The maximum atomic E-state index is 14.3. The van der Waals surface area contributed by atoms with Gasteiger partial charge in [-0.15, -0.1) is 0 Å². The highest BCUT2D eigenvalue weighted by Crippen LogP contribution is 2.46. The van der Waals surface area contributed by atoms with Crippen LogP contribution in [0.1, 0.15) is 28.4 Å². The monoisotopic (exact) mass is 534 g/mol. The minimum absolute atomic E-state index is 0.0109. The Morgan fingerprint density at radius 2 is 1.66 bits per heavy atom. The van der Waals surface area contributed by atoms with Crippen LogP contribution in [0.15, 0.2) is 60.7 Å². The molecule has 0 bridgehead atoms. The first-order valence-electron chi connectivity index (χ1n) is 12.3. The fourth-order valence-electron chi connectivity index (χ4n) is 5.20. The average molecular weight is 535 g/mol. The quantitative estimate of drug-likeness (QED) is 0.294. The number of non-ortho nitro benzene ring substituents is 1. The van der Waals surface area contributed by atoms with Gasteiger partial charge in [0.1, 0.15) is 11.2 Å². The molecule has 3 aromatic rings. The fourth-order valence-corrected chi connectivity index (χ4v) is 5.41. The van der Waals surface area contributed by atoms with Gasteiger partial charge in [0.15, 0.2) is 5.78 Å². The number of carbonyl (C=O) groups excluding carboxylic acids is 2. The van der Waals surface area contributed by atoms with E-state index in [1.807, 2.05) is 7.05 Å². The number of carbonyl (C=O) groups is 2. The number of phenols is 1. The number of likely N-dealkylation sites (N-methyl/N-ethyl adjacent to an activating group) is 1. The van der Waals surface area contributed by atoms with Crippen LogP contribution in [0.3, 0.4) is 0 Å². The summed E-state index contributed by atoms with van der Waals surface area (Å²) in [6, 6.07) is 15.5. The van der Waals surface area contributed by atoms with Crippen molar-refractivity contribution in [3.8, 4) is 5.75 Å². The lowest BCUT2D eigenvalue weighted by Gasteiger charge is -2.42. The number of piperazine rings is 1. The Morgan fingerprint density at radius 3 is 2.32 bits per heavy atom. The normalized spacial score (nSPS) is 20.0. The third kappa shape index (κ3) is 4.37. The van der Waals surface area contributed by atoms with E-state index < -0.39 is 16.2 Å². The van der Waals surface area contributed by atoms with Gasteiger partial charge in [-0.3, -0.25) is 19.7 Å². The van der Waals surface area contributed by atoms with Crippen molar-refractivity contribution in [2.24, 2.45) is 0 Å². The predicted molar refractivity (Wildman–Crippen MR) is 145 cm³/mol. The molecule has 0 spiro atoms. The Kier molecular flexibility index (Phi) is 6.58. The number of nitro groups is 1. The maximum Gasteiger partial charge on any atom is 0.269 e. The average Bonchev–Trinajstić information content (AvgIpc) is 2.90. The zero-order chi connectivity index (χ0) is 27.2. The molecule has 0 aromatic heterocycles. The van der Waals surface area contributed by atoms with Crippen LogP contribution in [0.5, 0.6) is 5.75 Å². The van der Waals surface area contributed by atoms with E-state index in [9.17, 15) is 24.8 Å². The van der Waals surface area contributed by atoms with Crippen LogP contribution in [0, 0.1) is 10.1 Å². The van der Waals surface area contributed by atoms with Gasteiger partial charge in [0, 0.05) is 43.3 Å². The van der Waals surface area contributed by atoms with Crippen molar-refractivity contribution in [1.82, 2.24) is 4.90 Å². The summed E-state index contributed by atoms with van der Waals surface area (Å²) < 4.78 is 0. The van der Waals surface area contributed by atoms with Crippen LogP contribution in [-0.2, 0) is 16.8 Å². The number of amides is 1. The molecule has 38 heavy (non-hydrogen) atoms. The van der Waals surface area contributed by atoms with Gasteiger partial charge >= 0.3 is 0 Å². The molecule has 2 heterocycles. The Balaban J connectivity index is 1.70. The van der Waals surface area contributed by atoms with Crippen molar-refractivity contribution in [2.45, 2.75) is 18.9 Å². The number of phenolic OH excluding ortho intramolecular Hbond substituents is 1. The number of fused-ring (bicyclic) bond motifs is 1. The van der Waals surface area contributed by atoms with Gasteiger partial charge in [0.05, 0.1) is 28.4 Å². The molecule has 2 aliphatic heterocycles. The summed E-state index contributed by atoms with van der Waals surface area (Å²) in [4.78, 5) is 45.3. The first-order chi connectivity index (χ1) is 18.1. The highest BCUT2D eigenvalue weighted by molar-refractivity contribution is 6.34. The maximum absolute atomic E-state index is 14.3. The number of nitrogens with zero attached hydrogens (tertiary/aromatic N) is 4. The summed E-state index contributed by atoms with van der Waals surface area (Å²) in [7, 11) is 2.04. The van der Waals surface area contributed by atoms with Gasteiger partial charge in [-0.05, 0) is 49.4 Å². The second-order valence-electron chi connectivity index (χ2n) is 9.93. The van der Waals surface area contributed by atoms with Gasteiger partial charge in [-0.1, -0.05) is 35.9 Å². The number of anilines is 2. The van der Waals surface area contributed by atoms with Crippen LogP contribution in [0.25, 0.3) is 0 Å². The summed E-state index contributed by atoms with van der Waals surface area (Å²) in [5.74, 6) is -0.810. The molecule has 2 aliphatic rings. The van der Waals surface area contributed by atoms with Crippen LogP contribution in [-0.4, -0.2) is 59.8 Å². The lowest BCUT2D eigenvalue weighted by molar-refractivity contribution is -0.384. The molecule has 10 heteroatoms. The van der Waals surface area contributed by atoms with Crippen LogP contribution in [0.4, 0.5) is 17.1 Å². The Labute approximate surface area is 225 Å². The summed E-state index contributed by atoms with van der Waals surface area (Å²) in [5.41, 5.74) is 0.738. The minimum atomic E-state index is -1.59. The zero-order valence-electron chi connectivity index (χ0n) is 21.1. The minimum Gasteiger partial charge on any atom is -0.508 e. The highest BCUT2D eigenvalue weighted by atomic mass is 35.5. The third-order valence-electron chi connectivity index (χ3n) is 7.46. The molecule has 9 nitrogen and oxygen atoms in total. The Morgan fingerprint density at radius 1 is 1.00 bits per heavy atom. The number of halogens is 1. The van der Waals surface area contributed by atoms with Crippen molar-refractivity contribution >= 4 is 40.4 Å². The van der Waals surface area contributed by atoms with Crippen molar-refractivity contribution < 1.29 is 19.6 Å². The first kappa shape index (κ1) is 25.7. The van der Waals surface area contributed by atoms with Gasteiger partial charge in [0.2, 0.25) is 5.91 Å². The summed E-state index contributed by atoms with van der Waals surface area (Å²) >= 11 is 6.56. The number of hydrogen-bond acceptors (Lipinski definition) is 7. The Hall–Kier alpha value is -3.95. The van der Waals surface area contributed by atoms with Crippen LogP contribution >= 0.6 is 11.6 Å². The predicted octanol–water partition coefficient (Wildman–Crippen LogP) is 4.39. The van der Waals surface area contributed by atoms with E-state index in [0.29, 0.717) is 46.2 Å². The van der Waals surface area contributed by atoms with E-state index in [0.717, 1.165) is 13.1 Å². The van der Waals surface area contributed by atoms with Crippen LogP contribution in [0.2, 0.25) is 5.02 Å². The molecule has 3 aromatic carbocycles. The van der Waals surface area contributed by atoms with Gasteiger partial charge in [-0.25, -0.2) is 0 Å². The van der Waals surface area contributed by atoms with Crippen LogP contribution < -0.4 is 9.80 Å². The second-order valence-corrected chi connectivity index (χ2v) is 10.4. The lowest BCUT2D eigenvalue weighted by atomic mass is 9.71. The van der Waals surface area contributed by atoms with E-state index in [2.05, 4.69) is 9.80 Å². The standard InChI is InChI=1S/C28H27ClN4O5/c1-28(19-6-8-22(34)9-7-19)26(35)25-23(31-12-10-30(2)11-13-31)15-20(29)16-24(25)32(27(28)36)17-18-4-3-5-21(14-18)33(37)38/h3-9,14-16,34H,10-13,17H2,1-2H3. The third-order valence-corrected chi connectivity index (χ3v) is 7.68. The topological polar surface area (TPSA) is 107 Å². The molecule has 1 unspecified atom stereocenters. The van der Waals surface area contributed by atoms with E-state index in [1.54, 1.807) is 43.3 Å². The molecule has 0 radical (unpaired) electrons. The van der Waals surface area contributed by atoms with Crippen molar-refractivity contribution in [2.75, 3.05) is 43.0 Å². The molecule has 1 N–H and O–H groups in total. The molecular formula is C28H27ClN4O5. The number of Topliss-reactive ketones (excluding diaryl/α,β-unsaturated/α-hetero) is 1. The van der Waals surface area contributed by atoms with E-state index in [1.165, 1.54) is 29.2 Å². The number of nitro benzene ring substituents is 1. The van der Waals surface area contributed by atoms with E-state index >= 15 is 0 Å². The molecule has 0 aliphatic carbocycles. The molecular weight excluding hydrogens is 508 g/mol. The Bertz CT molecular complexity index is 1440. The molecule has 1 amide bonds. The second kappa shape index (κ2) is 9.74. The number of ketones is 1. The number of hydrogen-bond donors (Lipinski definition) is 1. The number of rotatable bonds is 5. The molecule has 1 saturated heterocycles. The van der Waals surface area contributed by atoms with Crippen molar-refractivity contribution in [1.29, 1.82) is 0 Å². The molecule has 196 valence electrons. The largest absolute Gasteiger partial charge is 0.508 e. The molecule has 1 fully saturated rings. The highest BCUT2D eigenvalue weighted by Gasteiger charge is 2.52. The molecule has 1 atom stereocenters. The zero-order valence-corrected chi connectivity index (χ0v) is 21.8. The SMILES string of the molecule is CN1CCN(c2cc(Cl)cc3c2C(=O)C(C)(c2ccc(O)cc2)C(=O)N3Cc2cccc([N+](=O)[O-])c2)CC1. The summed E-state index contributed by atoms with van der Waals surface area (Å²) in [6.45, 7) is 4.59. The molecule has 5 rings (SSSR count). The van der Waals surface area contributed by atoms with Gasteiger partial charge in [0.25, 0.3) is 5.69 Å². The van der Waals surface area contributed by atoms with E-state index in [4.69, 9.17) is 11.6 Å². The smallest absolute Gasteiger partial charge is 0.269 e. The summed E-state index contributed by atoms with van der Waals surface area (Å²) in [5, 5.41) is 21.6. The number of benzene rings is 3. The van der Waals surface area contributed by atoms with Gasteiger partial charge < -0.3 is 19.8 Å². The van der Waals surface area contributed by atoms with Crippen molar-refractivity contribution in [3.63, 3.8) is 0 Å². The summed E-state index contributed by atoms with van der Waals surface area (Å²) in [6.07, 6.45) is 0. The van der Waals surface area contributed by atoms with Crippen molar-refractivity contribution in [3.05, 3.63) is 92.5 Å². The van der Waals surface area contributed by atoms with Gasteiger partial charge in [-0.2, -0.15) is 0 Å². The molecule has 0 saturated carbocycles.